The van der Waals surface area contributed by atoms with Crippen molar-refractivity contribution >= 4 is 0 Å². The summed E-state index contributed by atoms with van der Waals surface area (Å²) < 4.78 is 0. The van der Waals surface area contributed by atoms with Crippen LogP contribution >= 0.6 is 0 Å². The quantitative estimate of drug-likeness (QED) is 0.696. The lowest BCUT2D eigenvalue weighted by molar-refractivity contribution is 0.243. The SMILES string of the molecule is N#CC(CCN(CC1CC1)C1CC1)NC1CC1. The molecule has 0 aromatic carbocycles. The smallest absolute Gasteiger partial charge is 0.0967 e. The molecule has 17 heavy (non-hydrogen) atoms. The second-order valence-electron chi connectivity index (χ2n) is 6.08. The average molecular weight is 233 g/mol. The average Bonchev–Trinajstić information content (AvgIpc) is 3.12. The molecule has 0 radical (unpaired) electrons. The Morgan fingerprint density at radius 1 is 1.18 bits per heavy atom. The second kappa shape index (κ2) is 4.96. The molecule has 0 amide bonds. The van der Waals surface area contributed by atoms with Gasteiger partial charge in [0.1, 0.15) is 0 Å². The van der Waals surface area contributed by atoms with Crippen LogP contribution in [0, 0.1) is 17.2 Å². The Labute approximate surface area is 104 Å². The summed E-state index contributed by atoms with van der Waals surface area (Å²) in [5.74, 6) is 0.979. The first kappa shape index (κ1) is 11.5. The van der Waals surface area contributed by atoms with E-state index in [1.165, 1.54) is 45.1 Å². The Morgan fingerprint density at radius 3 is 2.47 bits per heavy atom. The van der Waals surface area contributed by atoms with Crippen LogP contribution in [0.4, 0.5) is 0 Å². The lowest BCUT2D eigenvalue weighted by Gasteiger charge is -2.23. The Balaban J connectivity index is 1.41. The normalized spacial score (nSPS) is 25.9. The number of hydrogen-bond donors (Lipinski definition) is 1. The summed E-state index contributed by atoms with van der Waals surface area (Å²) in [4.78, 5) is 2.65. The molecule has 1 atom stereocenters. The van der Waals surface area contributed by atoms with Crippen LogP contribution in [0.25, 0.3) is 0 Å². The van der Waals surface area contributed by atoms with Crippen molar-refractivity contribution < 1.29 is 0 Å². The molecule has 3 nitrogen and oxygen atoms in total. The van der Waals surface area contributed by atoms with Gasteiger partial charge in [0, 0.05) is 25.2 Å². The van der Waals surface area contributed by atoms with Crippen molar-refractivity contribution in [3.05, 3.63) is 0 Å². The maximum atomic E-state index is 9.13. The van der Waals surface area contributed by atoms with Gasteiger partial charge in [-0.05, 0) is 50.9 Å². The van der Waals surface area contributed by atoms with Gasteiger partial charge < -0.3 is 4.90 Å². The van der Waals surface area contributed by atoms with Gasteiger partial charge >= 0.3 is 0 Å². The number of hydrogen-bond acceptors (Lipinski definition) is 3. The molecule has 3 saturated carbocycles. The van der Waals surface area contributed by atoms with Gasteiger partial charge in [-0.2, -0.15) is 5.26 Å². The highest BCUT2D eigenvalue weighted by Gasteiger charge is 2.34. The van der Waals surface area contributed by atoms with E-state index in [1.54, 1.807) is 0 Å². The molecule has 0 aromatic heterocycles. The zero-order valence-corrected chi connectivity index (χ0v) is 10.6. The molecule has 3 fully saturated rings. The molecule has 94 valence electrons. The number of nitrogens with zero attached hydrogens (tertiary/aromatic N) is 2. The van der Waals surface area contributed by atoms with Crippen LogP contribution in [-0.2, 0) is 0 Å². The zero-order valence-electron chi connectivity index (χ0n) is 10.6. The van der Waals surface area contributed by atoms with Gasteiger partial charge in [0.15, 0.2) is 0 Å². The molecular weight excluding hydrogens is 210 g/mol. The highest BCUT2D eigenvalue weighted by atomic mass is 15.2. The molecule has 3 heteroatoms. The van der Waals surface area contributed by atoms with Gasteiger partial charge in [-0.25, -0.2) is 0 Å². The predicted octanol–water partition coefficient (Wildman–Crippen LogP) is 1.90. The fourth-order valence-corrected chi connectivity index (χ4v) is 2.51. The first-order valence-electron chi connectivity index (χ1n) is 7.25. The summed E-state index contributed by atoms with van der Waals surface area (Å²) in [6.45, 7) is 2.42. The van der Waals surface area contributed by atoms with E-state index in [9.17, 15) is 0 Å². The van der Waals surface area contributed by atoms with Crippen molar-refractivity contribution in [1.82, 2.24) is 10.2 Å². The van der Waals surface area contributed by atoms with Crippen molar-refractivity contribution in [2.45, 2.75) is 63.1 Å². The highest BCUT2D eigenvalue weighted by molar-refractivity contribution is 4.97. The first-order chi connectivity index (χ1) is 8.35. The minimum absolute atomic E-state index is 0.0861. The second-order valence-corrected chi connectivity index (χ2v) is 6.08. The van der Waals surface area contributed by atoms with E-state index in [0.29, 0.717) is 6.04 Å². The van der Waals surface area contributed by atoms with Crippen LogP contribution in [0.5, 0.6) is 0 Å². The fraction of sp³-hybridized carbons (Fsp3) is 0.929. The molecule has 3 aliphatic carbocycles. The molecule has 0 bridgehead atoms. The van der Waals surface area contributed by atoms with Gasteiger partial charge in [0.05, 0.1) is 12.1 Å². The number of nitrogens with one attached hydrogen (secondary N) is 1. The molecule has 1 unspecified atom stereocenters. The van der Waals surface area contributed by atoms with Crippen molar-refractivity contribution in [3.63, 3.8) is 0 Å². The van der Waals surface area contributed by atoms with E-state index in [1.807, 2.05) is 0 Å². The molecule has 0 aliphatic heterocycles. The standard InChI is InChI=1S/C14H23N3/c15-9-13(16-12-3-4-12)7-8-17(14-5-6-14)10-11-1-2-11/h11-14,16H,1-8,10H2. The van der Waals surface area contributed by atoms with Gasteiger partial charge in [-0.15, -0.1) is 0 Å². The van der Waals surface area contributed by atoms with Crippen molar-refractivity contribution in [2.24, 2.45) is 5.92 Å². The topological polar surface area (TPSA) is 39.1 Å². The summed E-state index contributed by atoms with van der Waals surface area (Å²) in [5.41, 5.74) is 0. The molecule has 0 heterocycles. The largest absolute Gasteiger partial charge is 0.300 e. The highest BCUT2D eigenvalue weighted by Crippen LogP contribution is 2.34. The summed E-state index contributed by atoms with van der Waals surface area (Å²) in [6, 6.07) is 4.01. The fourth-order valence-electron chi connectivity index (χ4n) is 2.51. The van der Waals surface area contributed by atoms with Crippen LogP contribution in [0.15, 0.2) is 0 Å². The minimum Gasteiger partial charge on any atom is -0.300 e. The van der Waals surface area contributed by atoms with Gasteiger partial charge in [-0.3, -0.25) is 5.32 Å². The molecule has 1 N–H and O–H groups in total. The summed E-state index contributed by atoms with van der Waals surface area (Å²) in [5, 5.41) is 12.6. The Morgan fingerprint density at radius 2 is 1.94 bits per heavy atom. The van der Waals surface area contributed by atoms with E-state index in [-0.39, 0.29) is 6.04 Å². The summed E-state index contributed by atoms with van der Waals surface area (Å²) in [6.07, 6.45) is 9.20. The molecule has 0 aromatic rings. The molecule has 0 spiro atoms. The van der Waals surface area contributed by atoms with E-state index >= 15 is 0 Å². The molecular formula is C14H23N3. The van der Waals surface area contributed by atoms with Crippen molar-refractivity contribution in [1.29, 1.82) is 5.26 Å². The van der Waals surface area contributed by atoms with E-state index in [4.69, 9.17) is 5.26 Å². The number of nitriles is 1. The van der Waals surface area contributed by atoms with Gasteiger partial charge in [0.25, 0.3) is 0 Å². The summed E-state index contributed by atoms with van der Waals surface area (Å²) in [7, 11) is 0. The monoisotopic (exact) mass is 233 g/mol. The van der Waals surface area contributed by atoms with Gasteiger partial charge in [0.2, 0.25) is 0 Å². The minimum atomic E-state index is 0.0861. The maximum Gasteiger partial charge on any atom is 0.0967 e. The van der Waals surface area contributed by atoms with Crippen LogP contribution < -0.4 is 5.32 Å². The van der Waals surface area contributed by atoms with Crippen LogP contribution in [0.2, 0.25) is 0 Å². The first-order valence-corrected chi connectivity index (χ1v) is 7.25. The summed E-state index contributed by atoms with van der Waals surface area (Å²) >= 11 is 0. The van der Waals surface area contributed by atoms with E-state index < -0.39 is 0 Å². The number of rotatable bonds is 8. The van der Waals surface area contributed by atoms with Crippen LogP contribution in [-0.4, -0.2) is 36.1 Å². The lowest BCUT2D eigenvalue weighted by atomic mass is 10.2. The Hall–Kier alpha value is -0.590. The third kappa shape index (κ3) is 3.69. The van der Waals surface area contributed by atoms with Gasteiger partial charge in [-0.1, -0.05) is 0 Å². The predicted molar refractivity (Wildman–Crippen MR) is 67.5 cm³/mol. The van der Waals surface area contributed by atoms with Crippen LogP contribution in [0.3, 0.4) is 0 Å². The maximum absolute atomic E-state index is 9.13. The van der Waals surface area contributed by atoms with E-state index in [0.717, 1.165) is 24.9 Å². The Kier molecular flexibility index (Phi) is 3.35. The lowest BCUT2D eigenvalue weighted by Crippen LogP contribution is -2.36. The third-order valence-corrected chi connectivity index (χ3v) is 4.13. The Bertz CT molecular complexity index is 297. The van der Waals surface area contributed by atoms with Crippen molar-refractivity contribution in [2.75, 3.05) is 13.1 Å². The zero-order chi connectivity index (χ0) is 11.7. The molecule has 3 aliphatic rings. The molecule has 3 rings (SSSR count). The van der Waals surface area contributed by atoms with E-state index in [2.05, 4.69) is 16.3 Å². The molecule has 0 saturated heterocycles. The third-order valence-electron chi connectivity index (χ3n) is 4.13. The van der Waals surface area contributed by atoms with Crippen molar-refractivity contribution in [3.8, 4) is 6.07 Å². The van der Waals surface area contributed by atoms with Crippen LogP contribution in [0.1, 0.15) is 44.9 Å².